The third kappa shape index (κ3) is 8.02. The Bertz CT molecular complexity index is 1350. The van der Waals surface area contributed by atoms with Crippen molar-refractivity contribution in [2.75, 3.05) is 13.1 Å². The highest BCUT2D eigenvalue weighted by molar-refractivity contribution is 7.89. The van der Waals surface area contributed by atoms with Gasteiger partial charge in [-0.25, -0.2) is 8.42 Å². The molecule has 12 heteroatoms. The van der Waals surface area contributed by atoms with E-state index in [1.165, 1.54) is 31.2 Å². The van der Waals surface area contributed by atoms with Crippen LogP contribution < -0.4 is 5.32 Å². The molecule has 0 aliphatic carbocycles. The molecule has 4 N–H and O–H groups in total. The Morgan fingerprint density at radius 3 is 2.08 bits per heavy atom. The Morgan fingerprint density at radius 1 is 0.923 bits per heavy atom. The van der Waals surface area contributed by atoms with Crippen molar-refractivity contribution in [2.24, 2.45) is 0 Å². The summed E-state index contributed by atoms with van der Waals surface area (Å²) in [5.41, 5.74) is -0.369. The van der Waals surface area contributed by atoms with Crippen molar-refractivity contribution in [1.82, 2.24) is 9.62 Å². The van der Waals surface area contributed by atoms with Crippen molar-refractivity contribution in [3.05, 3.63) is 95.6 Å². The number of phenolic OH excluding ortho intramolecular Hbond substituents is 1. The standard InChI is InChI=1S/C27H29F3N2O6S/c1-18(33)16-32(39(37,38)21-13-11-20(12-14-21)27(28,29)30)17-25(35)23(15-19-7-3-2-4-8-19)31-26(36)22-9-5-6-10-24(22)34/h2-14,18,23,25,33-35H,15-17H2,1H3,(H,31,36)/t18-,23+,25-/m1/s1. The molecule has 1 amide bonds. The van der Waals surface area contributed by atoms with Crippen LogP contribution in [0.1, 0.15) is 28.4 Å². The number of carbonyl (C=O) groups is 1. The van der Waals surface area contributed by atoms with Crippen LogP contribution in [-0.4, -0.2) is 65.3 Å². The summed E-state index contributed by atoms with van der Waals surface area (Å²) in [6, 6.07) is 16.4. The molecule has 0 fully saturated rings. The Labute approximate surface area is 224 Å². The van der Waals surface area contributed by atoms with Crippen LogP contribution >= 0.6 is 0 Å². The van der Waals surface area contributed by atoms with E-state index < -0.39 is 63.9 Å². The highest BCUT2D eigenvalue weighted by atomic mass is 32.2. The molecule has 3 rings (SSSR count). The van der Waals surface area contributed by atoms with Gasteiger partial charge in [0.2, 0.25) is 10.0 Å². The summed E-state index contributed by atoms with van der Waals surface area (Å²) in [6.45, 7) is 0.266. The highest BCUT2D eigenvalue weighted by Crippen LogP contribution is 2.30. The van der Waals surface area contributed by atoms with Gasteiger partial charge in [-0.05, 0) is 55.3 Å². The Morgan fingerprint density at radius 2 is 1.51 bits per heavy atom. The van der Waals surface area contributed by atoms with Gasteiger partial charge in [0, 0.05) is 13.1 Å². The number of para-hydroxylation sites is 1. The summed E-state index contributed by atoms with van der Waals surface area (Å²) in [7, 11) is -4.45. The number of nitrogens with one attached hydrogen (secondary N) is 1. The van der Waals surface area contributed by atoms with Crippen LogP contribution in [0.2, 0.25) is 0 Å². The number of alkyl halides is 3. The Kier molecular flexibility index (Phi) is 9.73. The lowest BCUT2D eigenvalue weighted by Gasteiger charge is -2.30. The predicted molar refractivity (Wildman–Crippen MR) is 137 cm³/mol. The molecule has 0 aromatic heterocycles. The van der Waals surface area contributed by atoms with Crippen LogP contribution in [0.5, 0.6) is 5.75 Å². The van der Waals surface area contributed by atoms with Gasteiger partial charge in [0.1, 0.15) is 5.75 Å². The quantitative estimate of drug-likeness (QED) is 0.282. The molecule has 0 aliphatic rings. The fourth-order valence-electron chi connectivity index (χ4n) is 3.93. The van der Waals surface area contributed by atoms with E-state index in [9.17, 15) is 41.7 Å². The fraction of sp³-hybridized carbons (Fsp3) is 0.296. The lowest BCUT2D eigenvalue weighted by molar-refractivity contribution is -0.137. The van der Waals surface area contributed by atoms with Crippen molar-refractivity contribution in [1.29, 1.82) is 0 Å². The van der Waals surface area contributed by atoms with Crippen LogP contribution in [0, 0.1) is 0 Å². The molecular weight excluding hydrogens is 537 g/mol. The molecule has 0 heterocycles. The molecule has 0 saturated heterocycles. The number of carbonyl (C=O) groups excluding carboxylic acids is 1. The van der Waals surface area contributed by atoms with Gasteiger partial charge in [0.05, 0.1) is 34.3 Å². The number of hydrogen-bond acceptors (Lipinski definition) is 6. The number of aliphatic hydroxyl groups excluding tert-OH is 2. The minimum Gasteiger partial charge on any atom is -0.507 e. The molecule has 0 aliphatic heterocycles. The van der Waals surface area contributed by atoms with Crippen LogP contribution in [-0.2, 0) is 22.6 Å². The zero-order chi connectivity index (χ0) is 28.8. The predicted octanol–water partition coefficient (Wildman–Crippen LogP) is 3.18. The van der Waals surface area contributed by atoms with Crippen molar-refractivity contribution in [3.63, 3.8) is 0 Å². The van der Waals surface area contributed by atoms with E-state index in [-0.39, 0.29) is 17.7 Å². The van der Waals surface area contributed by atoms with Crippen molar-refractivity contribution in [3.8, 4) is 5.75 Å². The van der Waals surface area contributed by atoms with Crippen molar-refractivity contribution < 1.29 is 41.7 Å². The van der Waals surface area contributed by atoms with Crippen LogP contribution in [0.15, 0.2) is 83.8 Å². The van der Waals surface area contributed by atoms with E-state index in [1.807, 2.05) is 0 Å². The number of nitrogens with zero attached hydrogens (tertiary/aromatic N) is 1. The normalized spacial score (nSPS) is 14.5. The number of hydrogen-bond donors (Lipinski definition) is 4. The van der Waals surface area contributed by atoms with E-state index in [2.05, 4.69) is 5.32 Å². The first-order valence-electron chi connectivity index (χ1n) is 12.0. The molecule has 0 spiro atoms. The molecule has 0 radical (unpaired) electrons. The highest BCUT2D eigenvalue weighted by Gasteiger charge is 2.34. The first-order valence-corrected chi connectivity index (χ1v) is 13.4. The van der Waals surface area contributed by atoms with E-state index in [0.717, 1.165) is 16.4 Å². The summed E-state index contributed by atoms with van der Waals surface area (Å²) >= 11 is 0. The van der Waals surface area contributed by atoms with Gasteiger partial charge in [-0.3, -0.25) is 4.79 Å². The second-order valence-electron chi connectivity index (χ2n) is 9.05. The van der Waals surface area contributed by atoms with Crippen LogP contribution in [0.4, 0.5) is 13.2 Å². The number of benzene rings is 3. The molecule has 3 aromatic carbocycles. The number of amides is 1. The van der Waals surface area contributed by atoms with Gasteiger partial charge in [-0.2, -0.15) is 17.5 Å². The summed E-state index contributed by atoms with van der Waals surface area (Å²) in [5.74, 6) is -0.996. The Hall–Kier alpha value is -3.45. The lowest BCUT2D eigenvalue weighted by Crippen LogP contribution is -2.51. The lowest BCUT2D eigenvalue weighted by atomic mass is 10.00. The molecular formula is C27H29F3N2O6S. The largest absolute Gasteiger partial charge is 0.507 e. The molecule has 8 nitrogen and oxygen atoms in total. The second kappa shape index (κ2) is 12.6. The van der Waals surface area contributed by atoms with E-state index >= 15 is 0 Å². The summed E-state index contributed by atoms with van der Waals surface area (Å²) < 4.78 is 66.3. The van der Waals surface area contributed by atoms with E-state index in [4.69, 9.17) is 0 Å². The van der Waals surface area contributed by atoms with Gasteiger partial charge < -0.3 is 20.6 Å². The molecule has 39 heavy (non-hydrogen) atoms. The van der Waals surface area contributed by atoms with Crippen LogP contribution in [0.25, 0.3) is 0 Å². The molecule has 0 bridgehead atoms. The van der Waals surface area contributed by atoms with Gasteiger partial charge >= 0.3 is 6.18 Å². The smallest absolute Gasteiger partial charge is 0.416 e. The topological polar surface area (TPSA) is 127 Å². The number of phenols is 1. The molecule has 0 saturated carbocycles. The monoisotopic (exact) mass is 566 g/mol. The van der Waals surface area contributed by atoms with E-state index in [0.29, 0.717) is 17.7 Å². The third-order valence-electron chi connectivity index (χ3n) is 5.91. The number of aliphatic hydroxyl groups is 2. The average Bonchev–Trinajstić information content (AvgIpc) is 2.88. The average molecular weight is 567 g/mol. The molecule has 3 atom stereocenters. The first-order chi connectivity index (χ1) is 18.3. The second-order valence-corrected chi connectivity index (χ2v) is 11.0. The van der Waals surface area contributed by atoms with E-state index in [1.54, 1.807) is 30.3 Å². The minimum atomic E-state index is -4.66. The summed E-state index contributed by atoms with van der Waals surface area (Å²) in [5, 5.41) is 33.8. The third-order valence-corrected chi connectivity index (χ3v) is 7.75. The summed E-state index contributed by atoms with van der Waals surface area (Å²) in [6.07, 6.45) is -7.26. The van der Waals surface area contributed by atoms with Gasteiger partial charge in [0.15, 0.2) is 0 Å². The van der Waals surface area contributed by atoms with Crippen LogP contribution in [0.3, 0.4) is 0 Å². The van der Waals surface area contributed by atoms with Gasteiger partial charge in [-0.15, -0.1) is 0 Å². The first kappa shape index (κ1) is 30.1. The SMILES string of the molecule is C[C@@H](O)CN(C[C@@H](O)[C@H](Cc1ccccc1)NC(=O)c1ccccc1O)S(=O)(=O)c1ccc(C(F)(F)F)cc1. The molecule has 3 aromatic rings. The number of halogens is 3. The minimum absolute atomic E-state index is 0.0547. The maximum atomic E-state index is 13.3. The molecule has 210 valence electrons. The number of sulfonamides is 1. The number of rotatable bonds is 11. The maximum absolute atomic E-state index is 13.3. The van der Waals surface area contributed by atoms with Gasteiger partial charge in [-0.1, -0.05) is 42.5 Å². The fourth-order valence-corrected chi connectivity index (χ4v) is 5.47. The zero-order valence-corrected chi connectivity index (χ0v) is 21.7. The zero-order valence-electron chi connectivity index (χ0n) is 20.9. The Balaban J connectivity index is 1.90. The molecule has 0 unspecified atom stereocenters. The number of aromatic hydroxyl groups is 1. The summed E-state index contributed by atoms with van der Waals surface area (Å²) in [4.78, 5) is 12.5. The maximum Gasteiger partial charge on any atom is 0.416 e. The van der Waals surface area contributed by atoms with Crippen molar-refractivity contribution in [2.45, 2.75) is 42.7 Å². The van der Waals surface area contributed by atoms with Crippen molar-refractivity contribution >= 4 is 15.9 Å². The van der Waals surface area contributed by atoms with Gasteiger partial charge in [0.25, 0.3) is 5.91 Å².